The number of benzene rings is 8. The number of hydrogen-bond acceptors (Lipinski definition) is 1. The maximum absolute atomic E-state index is 2.57. The van der Waals surface area contributed by atoms with Gasteiger partial charge in [0.15, 0.2) is 0 Å². The lowest BCUT2D eigenvalue weighted by molar-refractivity contribution is -0.0399. The van der Waals surface area contributed by atoms with Crippen molar-refractivity contribution in [2.45, 2.75) is 83.3 Å². The molecular formula is C65H61NSi. The van der Waals surface area contributed by atoms with Gasteiger partial charge in [-0.2, -0.15) is 0 Å². The first-order valence-electron chi connectivity index (χ1n) is 25.2. The van der Waals surface area contributed by atoms with Gasteiger partial charge in [0.05, 0.1) is 8.07 Å². The van der Waals surface area contributed by atoms with Crippen molar-refractivity contribution in [3.05, 3.63) is 204 Å². The molecule has 4 fully saturated rings. The maximum Gasteiger partial charge on any atom is 0.0775 e. The Kier molecular flexibility index (Phi) is 9.11. The molecule has 0 saturated heterocycles. The molecule has 8 aromatic carbocycles. The zero-order chi connectivity index (χ0) is 45.4. The van der Waals surface area contributed by atoms with E-state index in [9.17, 15) is 0 Å². The summed E-state index contributed by atoms with van der Waals surface area (Å²) in [5.41, 5.74) is 24.1. The molecule has 6 aliphatic rings. The molecule has 67 heavy (non-hydrogen) atoms. The van der Waals surface area contributed by atoms with Crippen LogP contribution in [0.5, 0.6) is 0 Å². The molecule has 8 aromatic rings. The van der Waals surface area contributed by atoms with Crippen molar-refractivity contribution in [2.75, 3.05) is 4.90 Å². The van der Waals surface area contributed by atoms with E-state index in [1.54, 1.807) is 11.1 Å². The molecule has 0 aliphatic heterocycles. The monoisotopic (exact) mass is 883 g/mol. The normalized spacial score (nSPS) is 22.4. The number of hydrogen-bond donors (Lipinski definition) is 0. The predicted octanol–water partition coefficient (Wildman–Crippen LogP) is 17.0. The summed E-state index contributed by atoms with van der Waals surface area (Å²) in [6, 6.07) is 68.1. The summed E-state index contributed by atoms with van der Waals surface area (Å²) in [6.45, 7) is 14.3. The molecule has 1 nitrogen and oxygen atoms in total. The van der Waals surface area contributed by atoms with Gasteiger partial charge in [-0.25, -0.2) is 0 Å². The van der Waals surface area contributed by atoms with E-state index in [0.717, 1.165) is 35.0 Å². The van der Waals surface area contributed by atoms with Gasteiger partial charge in [-0.1, -0.05) is 172 Å². The summed E-state index contributed by atoms with van der Waals surface area (Å²) in [5, 5.41) is 1.49. The highest BCUT2D eigenvalue weighted by atomic mass is 28.3. The Labute approximate surface area is 399 Å². The summed E-state index contributed by atoms with van der Waals surface area (Å²) in [7, 11) is -1.37. The Morgan fingerprint density at radius 3 is 1.54 bits per heavy atom. The fourth-order valence-electron chi connectivity index (χ4n) is 14.4. The van der Waals surface area contributed by atoms with Crippen molar-refractivity contribution in [1.82, 2.24) is 0 Å². The van der Waals surface area contributed by atoms with E-state index in [-0.39, 0.29) is 10.8 Å². The fraction of sp³-hybridized carbons (Fsp3) is 0.262. The highest BCUT2D eigenvalue weighted by molar-refractivity contribution is 6.88. The van der Waals surface area contributed by atoms with E-state index in [2.05, 4.69) is 221 Å². The third kappa shape index (κ3) is 6.31. The van der Waals surface area contributed by atoms with E-state index in [1.165, 1.54) is 115 Å². The molecule has 4 saturated carbocycles. The first-order chi connectivity index (χ1) is 32.4. The first kappa shape index (κ1) is 41.0. The first-order valence-corrected chi connectivity index (χ1v) is 28.7. The molecule has 0 N–H and O–H groups in total. The summed E-state index contributed by atoms with van der Waals surface area (Å²) in [6.07, 6.45) is 7.16. The summed E-state index contributed by atoms with van der Waals surface area (Å²) in [4.78, 5) is 2.45. The van der Waals surface area contributed by atoms with Crippen LogP contribution < -0.4 is 10.1 Å². The molecule has 0 atom stereocenters. The van der Waals surface area contributed by atoms with Crippen LogP contribution in [-0.4, -0.2) is 8.07 Å². The van der Waals surface area contributed by atoms with Gasteiger partial charge < -0.3 is 4.90 Å². The Morgan fingerprint density at radius 1 is 0.403 bits per heavy atom. The minimum Gasteiger partial charge on any atom is -0.310 e. The van der Waals surface area contributed by atoms with Crippen molar-refractivity contribution >= 4 is 30.3 Å². The van der Waals surface area contributed by atoms with E-state index >= 15 is 0 Å². The molecule has 0 radical (unpaired) electrons. The number of aryl methyl sites for hydroxylation is 1. The number of anilines is 3. The molecule has 6 aliphatic carbocycles. The van der Waals surface area contributed by atoms with Gasteiger partial charge in [0, 0.05) is 27.9 Å². The van der Waals surface area contributed by atoms with Gasteiger partial charge >= 0.3 is 0 Å². The summed E-state index contributed by atoms with van der Waals surface area (Å²) in [5.74, 6) is 3.47. The lowest BCUT2D eigenvalue weighted by atomic mass is 9.43. The second kappa shape index (κ2) is 14.9. The van der Waals surface area contributed by atoms with Crippen molar-refractivity contribution in [3.63, 3.8) is 0 Å². The zero-order valence-electron chi connectivity index (χ0n) is 40.0. The number of fused-ring (bicyclic) bond motifs is 6. The maximum atomic E-state index is 2.57. The van der Waals surface area contributed by atoms with E-state index in [1.807, 2.05) is 0 Å². The average Bonchev–Trinajstić information content (AvgIpc) is 3.75. The van der Waals surface area contributed by atoms with Crippen LogP contribution in [0.2, 0.25) is 19.6 Å². The second-order valence-electron chi connectivity index (χ2n) is 22.7. The Hall–Kier alpha value is -6.22. The van der Waals surface area contributed by atoms with E-state index in [4.69, 9.17) is 0 Å². The summed E-state index contributed by atoms with van der Waals surface area (Å²) >= 11 is 0. The smallest absolute Gasteiger partial charge is 0.0775 e. The molecule has 330 valence electrons. The van der Waals surface area contributed by atoms with Gasteiger partial charge in [-0.15, -0.1) is 0 Å². The molecule has 0 unspecified atom stereocenters. The van der Waals surface area contributed by atoms with E-state index < -0.39 is 8.07 Å². The Balaban J connectivity index is 0.861. The van der Waals surface area contributed by atoms with Gasteiger partial charge in [0.1, 0.15) is 0 Å². The van der Waals surface area contributed by atoms with Crippen LogP contribution in [0.4, 0.5) is 17.1 Å². The van der Waals surface area contributed by atoms with Crippen LogP contribution in [0.1, 0.15) is 73.8 Å². The van der Waals surface area contributed by atoms with Gasteiger partial charge in [0.2, 0.25) is 0 Å². The average molecular weight is 884 g/mol. The van der Waals surface area contributed by atoms with Crippen LogP contribution in [0.3, 0.4) is 0 Å². The molecule has 0 aromatic heterocycles. The van der Waals surface area contributed by atoms with Gasteiger partial charge in [0.25, 0.3) is 0 Å². The van der Waals surface area contributed by atoms with Crippen LogP contribution in [0, 0.1) is 30.6 Å². The minimum absolute atomic E-state index is 0.183. The van der Waals surface area contributed by atoms with Crippen molar-refractivity contribution in [1.29, 1.82) is 0 Å². The third-order valence-corrected chi connectivity index (χ3v) is 19.6. The molecule has 0 heterocycles. The molecule has 1 spiro atoms. The Morgan fingerprint density at radius 2 is 0.896 bits per heavy atom. The lowest BCUT2D eigenvalue weighted by Gasteiger charge is -2.61. The third-order valence-electron chi connectivity index (χ3n) is 17.5. The van der Waals surface area contributed by atoms with Gasteiger partial charge in [-0.3, -0.25) is 0 Å². The quantitative estimate of drug-likeness (QED) is 0.144. The summed E-state index contributed by atoms with van der Waals surface area (Å²) < 4.78 is 0. The van der Waals surface area contributed by atoms with Crippen LogP contribution in [0.25, 0.3) is 55.6 Å². The van der Waals surface area contributed by atoms with E-state index in [0.29, 0.717) is 0 Å². The van der Waals surface area contributed by atoms with Crippen LogP contribution >= 0.6 is 0 Å². The van der Waals surface area contributed by atoms with Gasteiger partial charge in [-0.05, 0) is 189 Å². The topological polar surface area (TPSA) is 3.24 Å². The number of nitrogens with zero attached hydrogens (tertiary/aromatic N) is 1. The Bertz CT molecular complexity index is 3230. The second-order valence-corrected chi connectivity index (χ2v) is 27.8. The van der Waals surface area contributed by atoms with Crippen LogP contribution in [-0.2, 0) is 10.8 Å². The van der Waals surface area contributed by atoms with Crippen molar-refractivity contribution < 1.29 is 0 Å². The minimum atomic E-state index is -1.37. The lowest BCUT2D eigenvalue weighted by Crippen LogP contribution is -2.55. The molecule has 0 amide bonds. The van der Waals surface area contributed by atoms with Crippen molar-refractivity contribution in [2.24, 2.45) is 23.7 Å². The number of rotatable bonds is 7. The predicted molar refractivity (Wildman–Crippen MR) is 286 cm³/mol. The highest BCUT2D eigenvalue weighted by Crippen LogP contribution is 2.69. The molecular weight excluding hydrogens is 823 g/mol. The molecule has 2 heteroatoms. The molecule has 4 bridgehead atoms. The SMILES string of the molecule is Cc1cccc(-c2ccc(N(c3ccc(-c4ccc([Si](C)(C)C)cc4)cc3)c3ccc4c(c3)C(C)(C)c3cc(-c5ccc6c(c5)-c5ccccc5C65C6CC7CC(C6)CC5C7)ccc3-4)cc2)c1. The standard InChI is InChI=1S/C65H61NSi/c1-41-10-9-11-47(32-41)46-16-24-53(25-17-46)66(52-22-14-44(15-23-52)45-18-27-55(28-19-45)67(4,5)6)54-26-30-58-57-29-20-49(39-62(57)64(2,3)63(58)40-54)48-21-31-61-59(38-48)56-12-7-8-13-60(56)65(61)50-34-42-33-43(36-50)37-51(65)35-42/h7-32,38-40,42-43,50-51H,33-37H2,1-6H3. The zero-order valence-corrected chi connectivity index (χ0v) is 41.0. The van der Waals surface area contributed by atoms with Crippen molar-refractivity contribution in [3.8, 4) is 55.6 Å². The largest absolute Gasteiger partial charge is 0.310 e. The molecule has 14 rings (SSSR count). The van der Waals surface area contributed by atoms with Crippen LogP contribution in [0.15, 0.2) is 176 Å². The fourth-order valence-corrected chi connectivity index (χ4v) is 15.6. The highest BCUT2D eigenvalue weighted by Gasteiger charge is 2.61.